The van der Waals surface area contributed by atoms with Gasteiger partial charge in [-0.25, -0.2) is 0 Å². The van der Waals surface area contributed by atoms with E-state index in [4.69, 9.17) is 14.2 Å². The van der Waals surface area contributed by atoms with Crippen molar-refractivity contribution in [2.75, 3.05) is 27.4 Å². The second-order valence-corrected chi connectivity index (χ2v) is 4.86. The van der Waals surface area contributed by atoms with Crippen molar-refractivity contribution < 1.29 is 19.1 Å². The minimum atomic E-state index is -0.412. The van der Waals surface area contributed by atoms with Crippen molar-refractivity contribution in [1.29, 1.82) is 0 Å². The Bertz CT molecular complexity index is 500. The first kappa shape index (κ1) is 15.5. The quantitative estimate of drug-likeness (QED) is 0.611. The van der Waals surface area contributed by atoms with Crippen LogP contribution in [0.3, 0.4) is 0 Å². The molecule has 0 aliphatic carbocycles. The van der Waals surface area contributed by atoms with Gasteiger partial charge in [0.2, 0.25) is 0 Å². The van der Waals surface area contributed by atoms with E-state index in [1.165, 1.54) is 20.3 Å². The van der Waals surface area contributed by atoms with Crippen LogP contribution in [0, 0.1) is 10.1 Å². The van der Waals surface area contributed by atoms with Crippen molar-refractivity contribution in [3.8, 4) is 11.5 Å². The SMILES string of the molecule is COc1cc(CNC[C@H]2CCCO2)c([N+](=O)[O-])cc1OC. The number of hydrogen-bond donors (Lipinski definition) is 1. The summed E-state index contributed by atoms with van der Waals surface area (Å²) < 4.78 is 15.8. The van der Waals surface area contributed by atoms with Gasteiger partial charge in [-0.1, -0.05) is 0 Å². The summed E-state index contributed by atoms with van der Waals surface area (Å²) in [5, 5.41) is 14.4. The fourth-order valence-corrected chi connectivity index (χ4v) is 2.40. The van der Waals surface area contributed by atoms with Crippen LogP contribution < -0.4 is 14.8 Å². The van der Waals surface area contributed by atoms with E-state index >= 15 is 0 Å². The Kier molecular flexibility index (Phi) is 5.35. The molecule has 7 nitrogen and oxygen atoms in total. The second kappa shape index (κ2) is 7.24. The number of methoxy groups -OCH3 is 2. The molecular formula is C14H20N2O5. The molecule has 0 saturated carbocycles. The third-order valence-corrected chi connectivity index (χ3v) is 3.49. The van der Waals surface area contributed by atoms with Gasteiger partial charge in [-0.3, -0.25) is 10.1 Å². The van der Waals surface area contributed by atoms with E-state index < -0.39 is 4.92 Å². The lowest BCUT2D eigenvalue weighted by Crippen LogP contribution is -2.26. The van der Waals surface area contributed by atoms with E-state index in [9.17, 15) is 10.1 Å². The lowest BCUT2D eigenvalue weighted by Gasteiger charge is -2.13. The molecule has 1 N–H and O–H groups in total. The van der Waals surface area contributed by atoms with Crippen LogP contribution >= 0.6 is 0 Å². The summed E-state index contributed by atoms with van der Waals surface area (Å²) in [5.74, 6) is 0.837. The minimum absolute atomic E-state index is 0.0208. The molecule has 1 heterocycles. The van der Waals surface area contributed by atoms with Crippen LogP contribution in [0.4, 0.5) is 5.69 Å². The van der Waals surface area contributed by atoms with Crippen LogP contribution in [0.15, 0.2) is 12.1 Å². The molecule has 7 heteroatoms. The number of rotatable bonds is 7. The number of ether oxygens (including phenoxy) is 3. The second-order valence-electron chi connectivity index (χ2n) is 4.86. The lowest BCUT2D eigenvalue weighted by atomic mass is 10.1. The summed E-state index contributed by atoms with van der Waals surface area (Å²) in [6, 6.07) is 3.03. The van der Waals surface area contributed by atoms with Gasteiger partial charge in [0.05, 0.1) is 31.3 Å². The third kappa shape index (κ3) is 3.83. The molecule has 21 heavy (non-hydrogen) atoms. The van der Waals surface area contributed by atoms with E-state index in [1.807, 2.05) is 0 Å². The number of nitro benzene ring substituents is 1. The Morgan fingerprint density at radius 1 is 1.38 bits per heavy atom. The molecule has 0 aromatic heterocycles. The van der Waals surface area contributed by atoms with E-state index in [0.717, 1.165) is 19.4 Å². The van der Waals surface area contributed by atoms with Crippen LogP contribution in [0.1, 0.15) is 18.4 Å². The highest BCUT2D eigenvalue weighted by Crippen LogP contribution is 2.34. The van der Waals surface area contributed by atoms with Crippen molar-refractivity contribution in [1.82, 2.24) is 5.32 Å². The van der Waals surface area contributed by atoms with Crippen LogP contribution in [0.2, 0.25) is 0 Å². The molecule has 2 rings (SSSR count). The number of hydrogen-bond acceptors (Lipinski definition) is 6. The zero-order valence-corrected chi connectivity index (χ0v) is 12.3. The molecule has 0 radical (unpaired) electrons. The third-order valence-electron chi connectivity index (χ3n) is 3.49. The summed E-state index contributed by atoms with van der Waals surface area (Å²) in [7, 11) is 2.96. The van der Waals surface area contributed by atoms with Gasteiger partial charge < -0.3 is 19.5 Å². The summed E-state index contributed by atoms with van der Waals surface area (Å²) in [5.41, 5.74) is 0.586. The molecule has 1 aromatic rings. The smallest absolute Gasteiger partial charge is 0.277 e. The number of nitrogens with one attached hydrogen (secondary N) is 1. The van der Waals surface area contributed by atoms with Gasteiger partial charge in [-0.15, -0.1) is 0 Å². The predicted octanol–water partition coefficient (Wildman–Crippen LogP) is 1.88. The van der Waals surface area contributed by atoms with Crippen molar-refractivity contribution in [2.45, 2.75) is 25.5 Å². The van der Waals surface area contributed by atoms with E-state index in [1.54, 1.807) is 6.07 Å². The maximum absolute atomic E-state index is 11.2. The molecule has 0 amide bonds. The monoisotopic (exact) mass is 296 g/mol. The fourth-order valence-electron chi connectivity index (χ4n) is 2.40. The van der Waals surface area contributed by atoms with Crippen molar-refractivity contribution in [3.05, 3.63) is 27.8 Å². The topological polar surface area (TPSA) is 82.9 Å². The van der Waals surface area contributed by atoms with Crippen LogP contribution in [0.25, 0.3) is 0 Å². The predicted molar refractivity (Wildman–Crippen MR) is 76.9 cm³/mol. The van der Waals surface area contributed by atoms with Crippen LogP contribution in [0.5, 0.6) is 11.5 Å². The summed E-state index contributed by atoms with van der Waals surface area (Å²) in [6.45, 7) is 1.87. The Balaban J connectivity index is 2.10. The molecule has 1 aliphatic rings. The molecule has 1 aliphatic heterocycles. The zero-order valence-electron chi connectivity index (χ0n) is 12.3. The molecular weight excluding hydrogens is 276 g/mol. The van der Waals surface area contributed by atoms with Gasteiger partial charge in [-0.05, 0) is 18.9 Å². The van der Waals surface area contributed by atoms with Crippen molar-refractivity contribution in [2.24, 2.45) is 0 Å². The van der Waals surface area contributed by atoms with E-state index in [0.29, 0.717) is 30.2 Å². The molecule has 0 bridgehead atoms. The van der Waals surface area contributed by atoms with E-state index in [2.05, 4.69) is 5.32 Å². The Hall–Kier alpha value is -1.86. The van der Waals surface area contributed by atoms with Gasteiger partial charge in [0.25, 0.3) is 5.69 Å². The van der Waals surface area contributed by atoms with Crippen LogP contribution in [-0.4, -0.2) is 38.4 Å². The van der Waals surface area contributed by atoms with Gasteiger partial charge in [0.15, 0.2) is 11.5 Å². The Morgan fingerprint density at radius 3 is 2.67 bits per heavy atom. The molecule has 1 fully saturated rings. The van der Waals surface area contributed by atoms with Gasteiger partial charge in [-0.2, -0.15) is 0 Å². The maximum Gasteiger partial charge on any atom is 0.277 e. The molecule has 1 saturated heterocycles. The number of nitro groups is 1. The average molecular weight is 296 g/mol. The van der Waals surface area contributed by atoms with E-state index in [-0.39, 0.29) is 11.8 Å². The highest BCUT2D eigenvalue weighted by molar-refractivity contribution is 5.54. The molecule has 0 spiro atoms. The maximum atomic E-state index is 11.2. The van der Waals surface area contributed by atoms with Gasteiger partial charge in [0, 0.05) is 25.3 Å². The first-order valence-electron chi connectivity index (χ1n) is 6.87. The fraction of sp³-hybridized carbons (Fsp3) is 0.571. The highest BCUT2D eigenvalue weighted by Gasteiger charge is 2.20. The number of nitrogens with zero attached hydrogens (tertiary/aromatic N) is 1. The largest absolute Gasteiger partial charge is 0.493 e. The van der Waals surface area contributed by atoms with Crippen LogP contribution in [-0.2, 0) is 11.3 Å². The summed E-state index contributed by atoms with van der Waals surface area (Å²) in [6.07, 6.45) is 2.30. The molecule has 0 unspecified atom stereocenters. The normalized spacial score (nSPS) is 17.7. The first-order chi connectivity index (χ1) is 10.2. The Morgan fingerprint density at radius 2 is 2.10 bits per heavy atom. The molecule has 116 valence electrons. The minimum Gasteiger partial charge on any atom is -0.493 e. The van der Waals surface area contributed by atoms with Gasteiger partial charge in [0.1, 0.15) is 0 Å². The summed E-state index contributed by atoms with van der Waals surface area (Å²) >= 11 is 0. The number of benzene rings is 1. The van der Waals surface area contributed by atoms with Gasteiger partial charge >= 0.3 is 0 Å². The average Bonchev–Trinajstić information content (AvgIpc) is 2.99. The Labute approximate surface area is 123 Å². The lowest BCUT2D eigenvalue weighted by molar-refractivity contribution is -0.385. The summed E-state index contributed by atoms with van der Waals surface area (Å²) in [4.78, 5) is 10.8. The standard InChI is InChI=1S/C14H20N2O5/c1-19-13-6-10(8-15-9-11-4-3-5-21-11)12(16(17)18)7-14(13)20-2/h6-7,11,15H,3-5,8-9H2,1-2H3/t11-/m1/s1. The molecule has 1 aromatic carbocycles. The highest BCUT2D eigenvalue weighted by atomic mass is 16.6. The molecule has 1 atom stereocenters. The van der Waals surface area contributed by atoms with Crippen molar-refractivity contribution >= 4 is 5.69 Å². The zero-order chi connectivity index (χ0) is 15.2. The first-order valence-corrected chi connectivity index (χ1v) is 6.87. The van der Waals surface area contributed by atoms with Crippen molar-refractivity contribution in [3.63, 3.8) is 0 Å².